The van der Waals surface area contributed by atoms with Gasteiger partial charge in [0.05, 0.1) is 15.9 Å². The normalized spacial score (nSPS) is 12.3. The summed E-state index contributed by atoms with van der Waals surface area (Å²) in [6.45, 7) is 1.72. The van der Waals surface area contributed by atoms with Gasteiger partial charge in [0.25, 0.3) is 5.91 Å². The van der Waals surface area contributed by atoms with Gasteiger partial charge in [0.15, 0.2) is 0 Å². The van der Waals surface area contributed by atoms with Gasteiger partial charge in [-0.3, -0.25) is 4.79 Å². The molecule has 0 radical (unpaired) electrons. The maximum atomic E-state index is 13.0. The number of hydrogen-bond donors (Lipinski definition) is 2. The molecule has 2 rings (SSSR count). The van der Waals surface area contributed by atoms with Crippen LogP contribution in [-0.2, 0) is 0 Å². The van der Waals surface area contributed by atoms with Crippen molar-refractivity contribution in [1.29, 1.82) is 0 Å². The lowest BCUT2D eigenvalue weighted by Crippen LogP contribution is -2.40. The Kier molecular flexibility index (Phi) is 3.58. The lowest BCUT2D eigenvalue weighted by atomic mass is 10.2. The Morgan fingerprint density at radius 2 is 2.22 bits per heavy atom. The van der Waals surface area contributed by atoms with Crippen molar-refractivity contribution in [2.45, 2.75) is 13.0 Å². The highest BCUT2D eigenvalue weighted by molar-refractivity contribution is 7.80. The SMILES string of the molecule is CC(NC(=O)c1cc2ccc(F)cc2s1)C(N)=S. The first-order valence-corrected chi connectivity index (χ1v) is 6.49. The molecule has 1 aromatic heterocycles. The molecular weight excluding hydrogens is 271 g/mol. The zero-order valence-corrected chi connectivity index (χ0v) is 11.2. The number of benzene rings is 1. The van der Waals surface area contributed by atoms with Gasteiger partial charge in [-0.25, -0.2) is 4.39 Å². The maximum Gasteiger partial charge on any atom is 0.261 e. The van der Waals surface area contributed by atoms with Crippen LogP contribution in [0.2, 0.25) is 0 Å². The van der Waals surface area contributed by atoms with E-state index in [4.69, 9.17) is 18.0 Å². The van der Waals surface area contributed by atoms with E-state index < -0.39 is 0 Å². The Morgan fingerprint density at radius 1 is 1.50 bits per heavy atom. The van der Waals surface area contributed by atoms with Crippen LogP contribution in [0.15, 0.2) is 24.3 Å². The topological polar surface area (TPSA) is 55.1 Å². The number of nitrogens with one attached hydrogen (secondary N) is 1. The molecule has 0 fully saturated rings. The number of thiophene rings is 1. The standard InChI is InChI=1S/C12H11FN2OS2/c1-6(11(14)17)15-12(16)10-4-7-2-3-8(13)5-9(7)18-10/h2-6H,1H3,(H2,14,17)(H,15,16). The van der Waals surface area contributed by atoms with Crippen LogP contribution in [0.3, 0.4) is 0 Å². The third kappa shape index (κ3) is 2.65. The number of halogens is 1. The van der Waals surface area contributed by atoms with Crippen LogP contribution in [-0.4, -0.2) is 16.9 Å². The molecule has 0 aliphatic heterocycles. The van der Waals surface area contributed by atoms with E-state index in [9.17, 15) is 9.18 Å². The summed E-state index contributed by atoms with van der Waals surface area (Å²) in [4.78, 5) is 12.6. The van der Waals surface area contributed by atoms with Crippen LogP contribution in [0.25, 0.3) is 10.1 Å². The number of thiocarbonyl (C=S) groups is 1. The lowest BCUT2D eigenvalue weighted by Gasteiger charge is -2.10. The highest BCUT2D eigenvalue weighted by Crippen LogP contribution is 2.26. The van der Waals surface area contributed by atoms with Gasteiger partial charge in [-0.05, 0) is 30.5 Å². The van der Waals surface area contributed by atoms with E-state index in [2.05, 4.69) is 5.32 Å². The molecule has 18 heavy (non-hydrogen) atoms. The minimum atomic E-state index is -0.366. The first-order valence-electron chi connectivity index (χ1n) is 5.26. The molecular formula is C12H11FN2OS2. The van der Waals surface area contributed by atoms with Gasteiger partial charge < -0.3 is 11.1 Å². The average molecular weight is 282 g/mol. The number of fused-ring (bicyclic) bond motifs is 1. The zero-order chi connectivity index (χ0) is 13.3. The molecule has 0 spiro atoms. The molecule has 6 heteroatoms. The second-order valence-electron chi connectivity index (χ2n) is 3.89. The molecule has 2 aromatic rings. The largest absolute Gasteiger partial charge is 0.392 e. The number of carbonyl (C=O) groups is 1. The van der Waals surface area contributed by atoms with Gasteiger partial charge >= 0.3 is 0 Å². The van der Waals surface area contributed by atoms with Gasteiger partial charge in [0.1, 0.15) is 5.82 Å². The van der Waals surface area contributed by atoms with Gasteiger partial charge in [-0.1, -0.05) is 18.3 Å². The van der Waals surface area contributed by atoms with Gasteiger partial charge in [0, 0.05) is 4.70 Å². The van der Waals surface area contributed by atoms with Gasteiger partial charge in [0.2, 0.25) is 0 Å². The van der Waals surface area contributed by atoms with Crippen molar-refractivity contribution in [3.8, 4) is 0 Å². The average Bonchev–Trinajstić information content (AvgIpc) is 2.71. The quantitative estimate of drug-likeness (QED) is 0.850. The van der Waals surface area contributed by atoms with Crippen LogP contribution in [0.4, 0.5) is 4.39 Å². The summed E-state index contributed by atoms with van der Waals surface area (Å²) in [6, 6.07) is 5.78. The first-order chi connectivity index (χ1) is 8.47. The van der Waals surface area contributed by atoms with E-state index in [1.807, 2.05) is 0 Å². The molecule has 1 aromatic carbocycles. The second-order valence-corrected chi connectivity index (χ2v) is 5.45. The maximum absolute atomic E-state index is 13.0. The minimum absolute atomic E-state index is 0.232. The predicted molar refractivity (Wildman–Crippen MR) is 75.5 cm³/mol. The number of rotatable bonds is 3. The summed E-state index contributed by atoms with van der Waals surface area (Å²) in [5.74, 6) is -0.565. The molecule has 0 saturated carbocycles. The molecule has 3 nitrogen and oxygen atoms in total. The highest BCUT2D eigenvalue weighted by atomic mass is 32.1. The minimum Gasteiger partial charge on any atom is -0.392 e. The van der Waals surface area contributed by atoms with Crippen molar-refractivity contribution in [2.75, 3.05) is 0 Å². The first kappa shape index (κ1) is 12.9. The summed E-state index contributed by atoms with van der Waals surface area (Å²) in [6.07, 6.45) is 0. The molecule has 0 saturated heterocycles. The summed E-state index contributed by atoms with van der Waals surface area (Å²) in [5.41, 5.74) is 5.43. The Balaban J connectivity index is 2.26. The molecule has 1 atom stereocenters. The molecule has 3 N–H and O–H groups in total. The predicted octanol–water partition coefficient (Wildman–Crippen LogP) is 2.44. The summed E-state index contributed by atoms with van der Waals surface area (Å²) in [7, 11) is 0. The van der Waals surface area contributed by atoms with Crippen LogP contribution in [0.5, 0.6) is 0 Å². The summed E-state index contributed by atoms with van der Waals surface area (Å²) in [5, 5.41) is 3.52. The number of nitrogens with two attached hydrogens (primary N) is 1. The molecule has 0 aliphatic rings. The molecule has 1 unspecified atom stereocenters. The van der Waals surface area contributed by atoms with E-state index >= 15 is 0 Å². The second kappa shape index (κ2) is 4.99. The van der Waals surface area contributed by atoms with E-state index in [-0.39, 0.29) is 22.8 Å². The van der Waals surface area contributed by atoms with E-state index in [0.717, 1.165) is 10.1 Å². The van der Waals surface area contributed by atoms with Crippen LogP contribution >= 0.6 is 23.6 Å². The third-order valence-corrected chi connectivity index (χ3v) is 3.93. The molecule has 94 valence electrons. The van der Waals surface area contributed by atoms with Crippen LogP contribution < -0.4 is 11.1 Å². The van der Waals surface area contributed by atoms with Crippen molar-refractivity contribution in [1.82, 2.24) is 5.32 Å². The van der Waals surface area contributed by atoms with Crippen LogP contribution in [0.1, 0.15) is 16.6 Å². The van der Waals surface area contributed by atoms with Crippen LogP contribution in [0, 0.1) is 5.82 Å². The molecule has 1 heterocycles. The van der Waals surface area contributed by atoms with Crippen molar-refractivity contribution < 1.29 is 9.18 Å². The molecule has 0 aliphatic carbocycles. The smallest absolute Gasteiger partial charge is 0.261 e. The number of amides is 1. The van der Waals surface area contributed by atoms with Crippen molar-refractivity contribution in [2.24, 2.45) is 5.73 Å². The highest BCUT2D eigenvalue weighted by Gasteiger charge is 2.14. The third-order valence-electron chi connectivity index (χ3n) is 2.48. The van der Waals surface area contributed by atoms with E-state index in [1.165, 1.54) is 23.5 Å². The Morgan fingerprint density at radius 3 is 2.89 bits per heavy atom. The van der Waals surface area contributed by atoms with Crippen molar-refractivity contribution in [3.05, 3.63) is 35.0 Å². The fourth-order valence-electron chi connectivity index (χ4n) is 1.46. The Bertz CT molecular complexity index is 624. The van der Waals surface area contributed by atoms with E-state index in [1.54, 1.807) is 19.1 Å². The molecule has 0 bridgehead atoms. The monoisotopic (exact) mass is 282 g/mol. The fraction of sp³-hybridized carbons (Fsp3) is 0.167. The lowest BCUT2D eigenvalue weighted by molar-refractivity contribution is 0.0953. The van der Waals surface area contributed by atoms with Gasteiger partial charge in [-0.2, -0.15) is 0 Å². The Labute approximate surface area is 113 Å². The summed E-state index contributed by atoms with van der Waals surface area (Å²) >= 11 is 6.02. The zero-order valence-electron chi connectivity index (χ0n) is 9.57. The Hall–Kier alpha value is -1.53. The van der Waals surface area contributed by atoms with Crippen molar-refractivity contribution in [3.63, 3.8) is 0 Å². The van der Waals surface area contributed by atoms with E-state index in [0.29, 0.717) is 4.88 Å². The number of hydrogen-bond acceptors (Lipinski definition) is 3. The van der Waals surface area contributed by atoms with Crippen molar-refractivity contribution >= 4 is 44.5 Å². The summed E-state index contributed by atoms with van der Waals surface area (Å²) < 4.78 is 13.8. The molecule has 1 amide bonds. The van der Waals surface area contributed by atoms with Gasteiger partial charge in [-0.15, -0.1) is 11.3 Å². The fourth-order valence-corrected chi connectivity index (χ4v) is 2.51. The number of carbonyl (C=O) groups excluding carboxylic acids is 1.